The summed E-state index contributed by atoms with van der Waals surface area (Å²) in [4.78, 5) is 38.6. The van der Waals surface area contributed by atoms with Gasteiger partial charge in [0.2, 0.25) is 0 Å². The molecule has 3 aliphatic heterocycles. The molecule has 10 heteroatoms. The summed E-state index contributed by atoms with van der Waals surface area (Å²) < 4.78 is 5.24. The van der Waals surface area contributed by atoms with Crippen LogP contribution in [0.4, 0.5) is 17.2 Å². The molecule has 0 unspecified atom stereocenters. The van der Waals surface area contributed by atoms with E-state index in [1.165, 1.54) is 11.3 Å². The Morgan fingerprint density at radius 1 is 1.23 bits per heavy atom. The highest BCUT2D eigenvalue weighted by Gasteiger charge is 2.40. The highest BCUT2D eigenvalue weighted by Crippen LogP contribution is 2.38. The number of amides is 2. The van der Waals surface area contributed by atoms with Crippen molar-refractivity contribution < 1.29 is 14.3 Å². The lowest BCUT2D eigenvalue weighted by Crippen LogP contribution is -2.58. The summed E-state index contributed by atoms with van der Waals surface area (Å²) >= 11 is 1.22. The van der Waals surface area contributed by atoms with Gasteiger partial charge in [0.25, 0.3) is 11.8 Å². The number of carbonyl (C=O) groups is 2. The minimum atomic E-state index is -0.307. The van der Waals surface area contributed by atoms with Crippen molar-refractivity contribution >= 4 is 40.3 Å². The molecule has 0 atom stereocenters. The Balaban J connectivity index is 1.16. The first-order valence-electron chi connectivity index (χ1n) is 11.7. The van der Waals surface area contributed by atoms with Crippen LogP contribution >= 0.6 is 11.3 Å². The SMILES string of the molecule is COc1ccc2c(c1)C(=O)N(c1csc(C(=O)Nc3cnccc3N3CCC4(CC3)CNC4)n1)C2. The summed E-state index contributed by atoms with van der Waals surface area (Å²) in [6, 6.07) is 7.42. The first kappa shape index (κ1) is 22.0. The second kappa shape index (κ2) is 8.62. The third kappa shape index (κ3) is 3.92. The molecule has 1 spiro atoms. The number of rotatable bonds is 5. The number of nitrogens with one attached hydrogen (secondary N) is 2. The maximum absolute atomic E-state index is 13.1. The molecule has 2 aromatic heterocycles. The minimum Gasteiger partial charge on any atom is -0.497 e. The number of pyridine rings is 1. The van der Waals surface area contributed by atoms with Crippen LogP contribution in [0.5, 0.6) is 5.75 Å². The van der Waals surface area contributed by atoms with Crippen LogP contribution in [0.3, 0.4) is 0 Å². The molecule has 1 aromatic carbocycles. The predicted octanol–water partition coefficient (Wildman–Crippen LogP) is 3.15. The topological polar surface area (TPSA) is 99.7 Å². The second-order valence-electron chi connectivity index (χ2n) is 9.36. The monoisotopic (exact) mass is 490 g/mol. The molecule has 3 aromatic rings. The van der Waals surface area contributed by atoms with E-state index in [1.54, 1.807) is 35.8 Å². The first-order chi connectivity index (χ1) is 17.0. The molecule has 2 amide bonds. The molecule has 0 bridgehead atoms. The Morgan fingerprint density at radius 2 is 2.06 bits per heavy atom. The molecule has 0 saturated carbocycles. The molecule has 2 N–H and O–H groups in total. The molecular formula is C25H26N6O3S. The van der Waals surface area contributed by atoms with Crippen molar-refractivity contribution in [2.75, 3.05) is 48.4 Å². The lowest BCUT2D eigenvalue weighted by molar-refractivity contribution is 0.0991. The fraction of sp³-hybridized carbons (Fsp3) is 0.360. The van der Waals surface area contributed by atoms with E-state index in [4.69, 9.17) is 4.74 Å². The Kier molecular flexibility index (Phi) is 5.42. The maximum atomic E-state index is 13.1. The number of benzene rings is 1. The number of anilines is 3. The van der Waals surface area contributed by atoms with Gasteiger partial charge in [-0.05, 0) is 42.0 Å². The number of piperidine rings is 1. The van der Waals surface area contributed by atoms with E-state index >= 15 is 0 Å². The smallest absolute Gasteiger partial charge is 0.284 e. The number of hydrogen-bond donors (Lipinski definition) is 2. The van der Waals surface area contributed by atoms with Crippen LogP contribution in [0, 0.1) is 5.41 Å². The maximum Gasteiger partial charge on any atom is 0.284 e. The number of hydrogen-bond acceptors (Lipinski definition) is 8. The summed E-state index contributed by atoms with van der Waals surface area (Å²) in [6.07, 6.45) is 5.73. The van der Waals surface area contributed by atoms with Gasteiger partial charge in [-0.2, -0.15) is 0 Å². The number of fused-ring (bicyclic) bond motifs is 1. The molecule has 180 valence electrons. The van der Waals surface area contributed by atoms with Crippen molar-refractivity contribution in [3.05, 3.63) is 58.2 Å². The van der Waals surface area contributed by atoms with Crippen molar-refractivity contribution in [1.29, 1.82) is 0 Å². The van der Waals surface area contributed by atoms with Crippen LogP contribution in [0.25, 0.3) is 0 Å². The number of nitrogens with zero attached hydrogens (tertiary/aromatic N) is 4. The van der Waals surface area contributed by atoms with Gasteiger partial charge in [-0.25, -0.2) is 4.98 Å². The average Bonchev–Trinajstić information content (AvgIpc) is 3.48. The molecule has 0 radical (unpaired) electrons. The number of ether oxygens (including phenoxy) is 1. The van der Waals surface area contributed by atoms with Crippen molar-refractivity contribution in [2.24, 2.45) is 5.41 Å². The van der Waals surface area contributed by atoms with Gasteiger partial charge in [-0.3, -0.25) is 19.5 Å². The average molecular weight is 491 g/mol. The summed E-state index contributed by atoms with van der Waals surface area (Å²) in [7, 11) is 1.57. The van der Waals surface area contributed by atoms with E-state index < -0.39 is 0 Å². The van der Waals surface area contributed by atoms with Crippen LogP contribution in [0.1, 0.15) is 38.6 Å². The van der Waals surface area contributed by atoms with E-state index in [0.29, 0.717) is 39.8 Å². The van der Waals surface area contributed by atoms with Crippen LogP contribution < -0.4 is 25.2 Å². The van der Waals surface area contributed by atoms with Gasteiger partial charge in [0.15, 0.2) is 5.01 Å². The fourth-order valence-corrected chi connectivity index (χ4v) is 5.78. The zero-order chi connectivity index (χ0) is 24.0. The van der Waals surface area contributed by atoms with Crippen molar-refractivity contribution in [3.8, 4) is 5.75 Å². The number of aromatic nitrogens is 2. The van der Waals surface area contributed by atoms with Crippen LogP contribution in [0.15, 0.2) is 42.0 Å². The molecule has 2 saturated heterocycles. The summed E-state index contributed by atoms with van der Waals surface area (Å²) in [5, 5.41) is 8.44. The van der Waals surface area contributed by atoms with E-state index in [9.17, 15) is 9.59 Å². The van der Waals surface area contributed by atoms with Gasteiger partial charge in [0, 0.05) is 43.3 Å². The molecule has 5 heterocycles. The zero-order valence-electron chi connectivity index (χ0n) is 19.4. The zero-order valence-corrected chi connectivity index (χ0v) is 20.2. The molecule has 35 heavy (non-hydrogen) atoms. The fourth-order valence-electron chi connectivity index (χ4n) is 5.07. The highest BCUT2D eigenvalue weighted by molar-refractivity contribution is 7.12. The molecular weight excluding hydrogens is 464 g/mol. The van der Waals surface area contributed by atoms with Crippen LogP contribution in [-0.4, -0.2) is 55.1 Å². The molecule has 6 rings (SSSR count). The minimum absolute atomic E-state index is 0.143. The van der Waals surface area contributed by atoms with Gasteiger partial charge in [-0.1, -0.05) is 6.07 Å². The predicted molar refractivity (Wildman–Crippen MR) is 135 cm³/mol. The first-order valence-corrected chi connectivity index (χ1v) is 12.6. The molecule has 3 aliphatic rings. The van der Waals surface area contributed by atoms with Crippen LogP contribution in [-0.2, 0) is 6.54 Å². The Hall–Kier alpha value is -3.50. The van der Waals surface area contributed by atoms with Crippen LogP contribution in [0.2, 0.25) is 0 Å². The summed E-state index contributed by atoms with van der Waals surface area (Å²) in [5.41, 5.74) is 3.61. The van der Waals surface area contributed by atoms with Gasteiger partial charge >= 0.3 is 0 Å². The third-order valence-electron chi connectivity index (χ3n) is 7.29. The summed E-state index contributed by atoms with van der Waals surface area (Å²) in [5.74, 6) is 0.660. The standard InChI is InChI=1S/C25H26N6O3S/c1-34-17-3-2-16-12-31(24(33)18(16)10-17)21-13-35-23(29-21)22(32)28-19-11-26-7-4-20(19)30-8-5-25(6-9-30)14-27-15-25/h2-4,7,10-11,13,27H,5-6,8-9,12,14-15H2,1H3,(H,28,32). The highest BCUT2D eigenvalue weighted by atomic mass is 32.1. The largest absolute Gasteiger partial charge is 0.497 e. The normalized spacial score (nSPS) is 18.4. The second-order valence-corrected chi connectivity index (χ2v) is 10.2. The molecule has 0 aliphatic carbocycles. The Bertz CT molecular complexity index is 1290. The van der Waals surface area contributed by atoms with Crippen molar-refractivity contribution in [1.82, 2.24) is 15.3 Å². The van der Waals surface area contributed by atoms with E-state index in [2.05, 4.69) is 25.5 Å². The lowest BCUT2D eigenvalue weighted by Gasteiger charge is -2.49. The Labute approximate surface area is 207 Å². The summed E-state index contributed by atoms with van der Waals surface area (Å²) in [6.45, 7) is 4.54. The number of methoxy groups -OCH3 is 1. The quantitative estimate of drug-likeness (QED) is 0.567. The van der Waals surface area contributed by atoms with Gasteiger partial charge < -0.3 is 20.3 Å². The van der Waals surface area contributed by atoms with E-state index in [0.717, 1.165) is 50.3 Å². The number of carbonyl (C=O) groups excluding carboxylic acids is 2. The molecule has 2 fully saturated rings. The van der Waals surface area contributed by atoms with Gasteiger partial charge in [0.05, 0.1) is 31.2 Å². The van der Waals surface area contributed by atoms with E-state index in [-0.39, 0.29) is 11.8 Å². The van der Waals surface area contributed by atoms with E-state index in [1.807, 2.05) is 18.2 Å². The van der Waals surface area contributed by atoms with Crippen molar-refractivity contribution in [3.63, 3.8) is 0 Å². The Morgan fingerprint density at radius 3 is 2.80 bits per heavy atom. The lowest BCUT2D eigenvalue weighted by atomic mass is 9.73. The van der Waals surface area contributed by atoms with Gasteiger partial charge in [-0.15, -0.1) is 11.3 Å². The van der Waals surface area contributed by atoms with Crippen molar-refractivity contribution in [2.45, 2.75) is 19.4 Å². The van der Waals surface area contributed by atoms with Gasteiger partial charge in [0.1, 0.15) is 11.6 Å². The number of thiazole rings is 1. The third-order valence-corrected chi connectivity index (χ3v) is 8.12. The molecule has 9 nitrogen and oxygen atoms in total.